The lowest BCUT2D eigenvalue weighted by atomic mass is 10.1. The molecule has 0 saturated heterocycles. The first-order valence-electron chi connectivity index (χ1n) is 6.78. The SMILES string of the molecule is O=C(NC(=S)Nc1c(Cl)cc(Cl)cc1C(=O)O)c1cccc([N+](=O)[O-])c1. The maximum Gasteiger partial charge on any atom is 0.337 e. The molecule has 11 heteroatoms. The van der Waals surface area contributed by atoms with Crippen molar-refractivity contribution in [2.24, 2.45) is 0 Å². The fourth-order valence-electron chi connectivity index (χ4n) is 1.95. The molecule has 0 spiro atoms. The molecule has 3 N–H and O–H groups in total. The Bertz CT molecular complexity index is 935. The molecule has 0 aliphatic rings. The summed E-state index contributed by atoms with van der Waals surface area (Å²) in [4.78, 5) is 33.6. The summed E-state index contributed by atoms with van der Waals surface area (Å²) in [5.74, 6) is -2.02. The van der Waals surface area contributed by atoms with Crippen molar-refractivity contribution in [1.82, 2.24) is 5.32 Å². The van der Waals surface area contributed by atoms with Crippen LogP contribution in [-0.2, 0) is 0 Å². The highest BCUT2D eigenvalue weighted by Crippen LogP contribution is 2.30. The summed E-state index contributed by atoms with van der Waals surface area (Å²) in [7, 11) is 0. The van der Waals surface area contributed by atoms with Gasteiger partial charge in [0.1, 0.15) is 0 Å². The Morgan fingerprint density at radius 3 is 2.50 bits per heavy atom. The van der Waals surface area contributed by atoms with Crippen molar-refractivity contribution in [1.29, 1.82) is 0 Å². The van der Waals surface area contributed by atoms with Gasteiger partial charge >= 0.3 is 5.97 Å². The van der Waals surface area contributed by atoms with Crippen molar-refractivity contribution < 1.29 is 19.6 Å². The number of amides is 1. The summed E-state index contributed by atoms with van der Waals surface area (Å²) in [6.07, 6.45) is 0. The van der Waals surface area contributed by atoms with E-state index in [-0.39, 0.29) is 37.7 Å². The molecule has 26 heavy (non-hydrogen) atoms. The summed E-state index contributed by atoms with van der Waals surface area (Å²) in [5, 5.41) is 24.7. The fraction of sp³-hybridized carbons (Fsp3) is 0. The number of nitro benzene ring substituents is 1. The lowest BCUT2D eigenvalue weighted by Gasteiger charge is -2.13. The lowest BCUT2D eigenvalue weighted by molar-refractivity contribution is -0.384. The summed E-state index contributed by atoms with van der Waals surface area (Å²) >= 11 is 16.7. The maximum atomic E-state index is 12.1. The Balaban J connectivity index is 2.19. The van der Waals surface area contributed by atoms with Crippen LogP contribution in [0.1, 0.15) is 20.7 Å². The van der Waals surface area contributed by atoms with Crippen molar-refractivity contribution in [2.75, 3.05) is 5.32 Å². The second-order valence-electron chi connectivity index (χ2n) is 4.83. The van der Waals surface area contributed by atoms with Gasteiger partial charge in [0.25, 0.3) is 11.6 Å². The summed E-state index contributed by atoms with van der Waals surface area (Å²) < 4.78 is 0. The first-order chi connectivity index (χ1) is 12.2. The maximum absolute atomic E-state index is 12.1. The van der Waals surface area contributed by atoms with E-state index in [0.717, 1.165) is 6.07 Å². The van der Waals surface area contributed by atoms with Gasteiger partial charge < -0.3 is 10.4 Å². The molecule has 0 fully saturated rings. The average Bonchev–Trinajstić information content (AvgIpc) is 2.56. The molecule has 0 radical (unpaired) electrons. The normalized spacial score (nSPS) is 10.1. The number of hydrogen-bond donors (Lipinski definition) is 3. The van der Waals surface area contributed by atoms with E-state index in [1.165, 1.54) is 30.3 Å². The molecular formula is C15H9Cl2N3O5S. The Kier molecular flexibility index (Phi) is 6.09. The summed E-state index contributed by atoms with van der Waals surface area (Å²) in [6.45, 7) is 0. The van der Waals surface area contributed by atoms with Gasteiger partial charge in [0.15, 0.2) is 5.11 Å². The number of rotatable bonds is 4. The van der Waals surface area contributed by atoms with Crippen LogP contribution in [0.2, 0.25) is 10.0 Å². The number of carbonyl (C=O) groups is 2. The second-order valence-corrected chi connectivity index (χ2v) is 6.08. The highest BCUT2D eigenvalue weighted by molar-refractivity contribution is 7.80. The van der Waals surface area contributed by atoms with Crippen LogP contribution >= 0.6 is 35.4 Å². The third-order valence-corrected chi connectivity index (χ3v) is 3.79. The topological polar surface area (TPSA) is 122 Å². The van der Waals surface area contributed by atoms with Gasteiger partial charge in [0.05, 0.1) is 21.2 Å². The number of carboxylic acid groups (broad SMARTS) is 1. The number of anilines is 1. The molecule has 0 aromatic heterocycles. The van der Waals surface area contributed by atoms with Gasteiger partial charge in [0.2, 0.25) is 0 Å². The zero-order valence-corrected chi connectivity index (χ0v) is 15.0. The van der Waals surface area contributed by atoms with Crippen LogP contribution in [0.15, 0.2) is 36.4 Å². The van der Waals surface area contributed by atoms with Crippen LogP contribution < -0.4 is 10.6 Å². The number of halogens is 2. The van der Waals surface area contributed by atoms with E-state index in [1.807, 2.05) is 0 Å². The monoisotopic (exact) mass is 413 g/mol. The minimum atomic E-state index is -1.30. The van der Waals surface area contributed by atoms with E-state index >= 15 is 0 Å². The van der Waals surface area contributed by atoms with Crippen molar-refractivity contribution >= 4 is 63.8 Å². The molecule has 0 heterocycles. The molecule has 2 aromatic rings. The number of nitrogens with zero attached hydrogens (tertiary/aromatic N) is 1. The number of nitro groups is 1. The Morgan fingerprint density at radius 2 is 1.88 bits per heavy atom. The third-order valence-electron chi connectivity index (χ3n) is 3.07. The van der Waals surface area contributed by atoms with E-state index in [4.69, 9.17) is 35.4 Å². The third kappa shape index (κ3) is 4.66. The van der Waals surface area contributed by atoms with Gasteiger partial charge in [-0.3, -0.25) is 20.2 Å². The Hall–Kier alpha value is -2.75. The Morgan fingerprint density at radius 1 is 1.19 bits per heavy atom. The molecule has 0 atom stereocenters. The smallest absolute Gasteiger partial charge is 0.337 e. The predicted molar refractivity (Wildman–Crippen MR) is 100 cm³/mol. The van der Waals surface area contributed by atoms with Gasteiger partial charge in [-0.25, -0.2) is 4.79 Å². The van der Waals surface area contributed by atoms with Gasteiger partial charge in [0, 0.05) is 22.7 Å². The van der Waals surface area contributed by atoms with Crippen molar-refractivity contribution in [3.8, 4) is 0 Å². The van der Waals surface area contributed by atoms with E-state index in [0.29, 0.717) is 0 Å². The number of thiocarbonyl (C=S) groups is 1. The molecule has 2 aromatic carbocycles. The predicted octanol–water partition coefficient (Wildman–Crippen LogP) is 3.73. The standard InChI is InChI=1S/C15H9Cl2N3O5S/c16-8-5-10(14(22)23)12(11(17)6-8)18-15(26)19-13(21)7-2-1-3-9(4-7)20(24)25/h1-6H,(H,22,23)(H2,18,19,21,26). The minimum Gasteiger partial charge on any atom is -0.478 e. The van der Waals surface area contributed by atoms with Crippen LogP contribution in [0.25, 0.3) is 0 Å². The molecule has 0 saturated carbocycles. The largest absolute Gasteiger partial charge is 0.478 e. The highest BCUT2D eigenvalue weighted by Gasteiger charge is 2.18. The number of nitrogens with one attached hydrogen (secondary N) is 2. The number of carboxylic acids is 1. The van der Waals surface area contributed by atoms with Crippen LogP contribution in [0.4, 0.5) is 11.4 Å². The van der Waals surface area contributed by atoms with Crippen molar-refractivity contribution in [3.63, 3.8) is 0 Å². The highest BCUT2D eigenvalue weighted by atomic mass is 35.5. The fourth-order valence-corrected chi connectivity index (χ4v) is 2.69. The molecule has 0 aliphatic heterocycles. The molecule has 2 rings (SSSR count). The molecule has 0 aliphatic carbocycles. The van der Waals surface area contributed by atoms with Crippen LogP contribution in [-0.4, -0.2) is 27.0 Å². The van der Waals surface area contributed by atoms with E-state index in [2.05, 4.69) is 10.6 Å². The molecule has 0 unspecified atom stereocenters. The van der Waals surface area contributed by atoms with Crippen LogP contribution in [0.5, 0.6) is 0 Å². The molecular weight excluding hydrogens is 405 g/mol. The number of carbonyl (C=O) groups excluding carboxylic acids is 1. The first-order valence-corrected chi connectivity index (χ1v) is 7.94. The second kappa shape index (κ2) is 8.09. The van der Waals surface area contributed by atoms with E-state index in [9.17, 15) is 24.8 Å². The van der Waals surface area contributed by atoms with Crippen molar-refractivity contribution in [2.45, 2.75) is 0 Å². The van der Waals surface area contributed by atoms with E-state index in [1.54, 1.807) is 0 Å². The number of hydrogen-bond acceptors (Lipinski definition) is 5. The van der Waals surface area contributed by atoms with Gasteiger partial charge in [-0.05, 0) is 30.4 Å². The lowest BCUT2D eigenvalue weighted by Crippen LogP contribution is -2.34. The average molecular weight is 414 g/mol. The number of benzene rings is 2. The van der Waals surface area contributed by atoms with Crippen molar-refractivity contribution in [3.05, 3.63) is 67.7 Å². The number of non-ortho nitro benzene ring substituents is 1. The van der Waals surface area contributed by atoms with E-state index < -0.39 is 16.8 Å². The van der Waals surface area contributed by atoms with Gasteiger partial charge in [-0.15, -0.1) is 0 Å². The summed E-state index contributed by atoms with van der Waals surface area (Å²) in [5.41, 5.74) is -0.545. The summed E-state index contributed by atoms with van der Waals surface area (Å²) in [6, 6.07) is 7.51. The quantitative estimate of drug-likeness (QED) is 0.396. The zero-order chi connectivity index (χ0) is 19.4. The Labute approximate surface area is 161 Å². The molecule has 8 nitrogen and oxygen atoms in total. The van der Waals surface area contributed by atoms with Gasteiger partial charge in [-0.2, -0.15) is 0 Å². The van der Waals surface area contributed by atoms with Gasteiger partial charge in [-0.1, -0.05) is 29.3 Å². The minimum absolute atomic E-state index is 0.00371. The first kappa shape index (κ1) is 19.6. The van der Waals surface area contributed by atoms with Crippen LogP contribution in [0.3, 0.4) is 0 Å². The number of aromatic carboxylic acids is 1. The van der Waals surface area contributed by atoms with Crippen LogP contribution in [0, 0.1) is 10.1 Å². The molecule has 1 amide bonds. The zero-order valence-electron chi connectivity index (χ0n) is 12.7. The molecule has 134 valence electrons. The molecule has 0 bridgehead atoms.